The highest BCUT2D eigenvalue weighted by molar-refractivity contribution is 7.45. The van der Waals surface area contributed by atoms with Crippen LogP contribution in [0.2, 0.25) is 0 Å². The van der Waals surface area contributed by atoms with E-state index < -0.39 is 26.6 Å². The fourth-order valence-electron chi connectivity index (χ4n) is 9.42. The van der Waals surface area contributed by atoms with Gasteiger partial charge in [0, 0.05) is 6.42 Å². The summed E-state index contributed by atoms with van der Waals surface area (Å²) in [6.45, 7) is 4.52. The Hall–Kier alpha value is -3.10. The second-order valence-electron chi connectivity index (χ2n) is 23.8. The number of hydrogen-bond acceptors (Lipinski definition) is 6. The van der Waals surface area contributed by atoms with Crippen molar-refractivity contribution in [3.05, 3.63) is 122 Å². The predicted octanol–water partition coefficient (Wildman–Crippen LogP) is 21.0. The van der Waals surface area contributed by atoms with E-state index in [-0.39, 0.29) is 12.5 Å². The summed E-state index contributed by atoms with van der Waals surface area (Å²) < 4.78 is 23.4. The van der Waals surface area contributed by atoms with Crippen LogP contribution in [0.25, 0.3) is 0 Å². The van der Waals surface area contributed by atoms with Gasteiger partial charge in [-0.1, -0.05) is 302 Å². The van der Waals surface area contributed by atoms with Gasteiger partial charge in [0.15, 0.2) is 0 Å². The van der Waals surface area contributed by atoms with Crippen molar-refractivity contribution in [1.82, 2.24) is 5.32 Å². The van der Waals surface area contributed by atoms with Crippen molar-refractivity contribution in [2.75, 3.05) is 40.9 Å². The van der Waals surface area contributed by atoms with Gasteiger partial charge in [-0.25, -0.2) is 0 Å². The van der Waals surface area contributed by atoms with Crippen LogP contribution in [0.15, 0.2) is 122 Å². The van der Waals surface area contributed by atoms with E-state index in [0.717, 1.165) is 103 Å². The Kier molecular flexibility index (Phi) is 60.1. The minimum Gasteiger partial charge on any atom is -0.756 e. The van der Waals surface area contributed by atoms with Gasteiger partial charge in [-0.05, 0) is 96.3 Å². The van der Waals surface area contributed by atoms with E-state index in [1.165, 1.54) is 161 Å². The Morgan fingerprint density at radius 2 is 0.756 bits per heavy atom. The lowest BCUT2D eigenvalue weighted by Gasteiger charge is -2.29. The Bertz CT molecular complexity index is 1750. The molecule has 3 unspecified atom stereocenters. The molecule has 8 nitrogen and oxygen atoms in total. The number of hydrogen-bond donors (Lipinski definition) is 2. The van der Waals surface area contributed by atoms with Gasteiger partial charge in [-0.2, -0.15) is 0 Å². The molecule has 1 amide bonds. The number of amides is 1. The van der Waals surface area contributed by atoms with Gasteiger partial charge >= 0.3 is 0 Å². The average Bonchev–Trinajstić information content (AvgIpc) is 3.47. The zero-order chi connectivity index (χ0) is 59.8. The molecule has 0 rings (SSSR count). The first-order chi connectivity index (χ1) is 40.0. The molecule has 0 bridgehead atoms. The highest BCUT2D eigenvalue weighted by Gasteiger charge is 2.23. The molecule has 0 aromatic carbocycles. The van der Waals surface area contributed by atoms with E-state index >= 15 is 0 Å². The quantitative estimate of drug-likeness (QED) is 0.0272. The Morgan fingerprint density at radius 3 is 1.13 bits per heavy atom. The molecule has 0 saturated heterocycles. The van der Waals surface area contributed by atoms with E-state index in [9.17, 15) is 19.4 Å². The second-order valence-corrected chi connectivity index (χ2v) is 25.2. The highest BCUT2D eigenvalue weighted by Crippen LogP contribution is 2.38. The number of phosphoric acid groups is 1. The van der Waals surface area contributed by atoms with Crippen molar-refractivity contribution >= 4 is 13.7 Å². The van der Waals surface area contributed by atoms with Gasteiger partial charge in [0.2, 0.25) is 5.91 Å². The largest absolute Gasteiger partial charge is 0.756 e. The maximum absolute atomic E-state index is 13.0. The first-order valence-electron chi connectivity index (χ1n) is 33.9. The number of nitrogens with zero attached hydrogens (tertiary/aromatic N) is 1. The lowest BCUT2D eigenvalue weighted by atomic mass is 10.0. The second kappa shape index (κ2) is 62.4. The first-order valence-corrected chi connectivity index (χ1v) is 35.4. The van der Waals surface area contributed by atoms with Crippen LogP contribution in [0, 0.1) is 0 Å². The maximum atomic E-state index is 13.0. The molecule has 0 radical (unpaired) electrons. The molecule has 472 valence electrons. The molecule has 82 heavy (non-hydrogen) atoms. The van der Waals surface area contributed by atoms with Crippen molar-refractivity contribution in [1.29, 1.82) is 0 Å². The number of likely N-dealkylation sites (N-methyl/N-ethyl adjacent to an activating group) is 1. The minimum absolute atomic E-state index is 0.0139. The summed E-state index contributed by atoms with van der Waals surface area (Å²) in [6.07, 6.45) is 93.1. The summed E-state index contributed by atoms with van der Waals surface area (Å²) in [7, 11) is 1.23. The van der Waals surface area contributed by atoms with E-state index in [2.05, 4.69) is 129 Å². The van der Waals surface area contributed by atoms with Crippen molar-refractivity contribution in [2.45, 2.75) is 296 Å². The monoisotopic (exact) mass is 1160 g/mol. The molecule has 0 fully saturated rings. The number of carbonyl (C=O) groups excluding carboxylic acids is 1. The SMILES string of the molecule is CC/C=C\C/C=C\C/C=C\C/C=C\C/C=C\C/C=C\C/C=C\C/C=C\CCCCCCCCCCC(=O)NC(COP(=O)([O-])OCC[N+](C)(C)C)C(O)/C=C/CC/C=C/CCCCCCCCCCCCCCCCCCCCCCC. The number of aliphatic hydroxyl groups excluding tert-OH is 1. The molecular weight excluding hydrogens is 1030 g/mol. The zero-order valence-corrected chi connectivity index (χ0v) is 54.8. The van der Waals surface area contributed by atoms with E-state index in [1.807, 2.05) is 27.2 Å². The van der Waals surface area contributed by atoms with Crippen LogP contribution in [-0.2, 0) is 18.4 Å². The van der Waals surface area contributed by atoms with E-state index in [4.69, 9.17) is 9.05 Å². The average molecular weight is 1160 g/mol. The molecule has 9 heteroatoms. The van der Waals surface area contributed by atoms with Crippen LogP contribution in [0.1, 0.15) is 284 Å². The van der Waals surface area contributed by atoms with Crippen LogP contribution in [0.4, 0.5) is 0 Å². The predicted molar refractivity (Wildman–Crippen MR) is 357 cm³/mol. The molecule has 0 aliphatic heterocycles. The molecular formula is C73H129N2O6P. The van der Waals surface area contributed by atoms with Crippen LogP contribution in [0.5, 0.6) is 0 Å². The summed E-state index contributed by atoms with van der Waals surface area (Å²) in [6, 6.07) is -0.919. The number of unbranched alkanes of at least 4 members (excludes halogenated alkanes) is 30. The van der Waals surface area contributed by atoms with Crippen LogP contribution >= 0.6 is 7.82 Å². The number of carbonyl (C=O) groups is 1. The van der Waals surface area contributed by atoms with Crippen molar-refractivity contribution in [3.8, 4) is 0 Å². The summed E-state index contributed by atoms with van der Waals surface area (Å²) >= 11 is 0. The van der Waals surface area contributed by atoms with Crippen LogP contribution in [-0.4, -0.2) is 68.5 Å². The fraction of sp³-hybridized carbons (Fsp3) is 0.712. The van der Waals surface area contributed by atoms with Gasteiger partial charge in [-0.3, -0.25) is 9.36 Å². The number of nitrogens with one attached hydrogen (secondary N) is 1. The highest BCUT2D eigenvalue weighted by atomic mass is 31.2. The van der Waals surface area contributed by atoms with Crippen molar-refractivity contribution < 1.29 is 32.9 Å². The number of allylic oxidation sites excluding steroid dienone is 19. The molecule has 0 aromatic rings. The standard InChI is InChI=1S/C73H129N2O6P/c1-6-8-10-12-14-16-18-20-22-24-26-28-30-32-34-35-36-37-38-39-41-43-45-47-49-51-53-55-57-59-61-63-65-67-73(77)74-71(70-81-82(78,79)80-69-68-75(3,4)5)72(76)66-64-62-60-58-56-54-52-50-48-46-44-42-40-33-31-29-27-25-23-21-19-17-15-13-11-9-7-2/h8,10,14,16,20,22,26,28,32,34,36-37,39,41,45,47,56,58,64,66,71-72,76H,6-7,9,11-13,15,17-19,21,23-25,27,29-31,33,35,38,40,42-44,46,48-55,57,59-63,65,67-70H2,1-5H3,(H-,74,77,78,79)/b10-8-,16-14-,22-20-,28-26-,34-32-,37-36-,41-39-,47-45-,58-56+,66-64+. The summed E-state index contributed by atoms with van der Waals surface area (Å²) in [5.41, 5.74) is 0. The third kappa shape index (κ3) is 64.5. The van der Waals surface area contributed by atoms with Gasteiger partial charge in [0.1, 0.15) is 13.2 Å². The molecule has 3 atom stereocenters. The van der Waals surface area contributed by atoms with Gasteiger partial charge in [-0.15, -0.1) is 0 Å². The molecule has 0 heterocycles. The molecule has 0 spiro atoms. The molecule has 2 N–H and O–H groups in total. The molecule has 0 saturated carbocycles. The number of aliphatic hydroxyl groups is 1. The summed E-state index contributed by atoms with van der Waals surface area (Å²) in [4.78, 5) is 25.6. The summed E-state index contributed by atoms with van der Waals surface area (Å²) in [5, 5.41) is 13.9. The maximum Gasteiger partial charge on any atom is 0.268 e. The molecule has 0 aliphatic carbocycles. The zero-order valence-electron chi connectivity index (χ0n) is 53.9. The van der Waals surface area contributed by atoms with Crippen molar-refractivity contribution in [2.24, 2.45) is 0 Å². The number of quaternary nitrogens is 1. The first kappa shape index (κ1) is 78.9. The van der Waals surface area contributed by atoms with E-state index in [1.54, 1.807) is 6.08 Å². The fourth-order valence-corrected chi connectivity index (χ4v) is 10.1. The van der Waals surface area contributed by atoms with Gasteiger partial charge in [0.05, 0.1) is 39.9 Å². The summed E-state index contributed by atoms with van der Waals surface area (Å²) in [5.74, 6) is -0.218. The topological polar surface area (TPSA) is 108 Å². The van der Waals surface area contributed by atoms with Gasteiger partial charge in [0.25, 0.3) is 7.82 Å². The lowest BCUT2D eigenvalue weighted by Crippen LogP contribution is -2.45. The Balaban J connectivity index is 4.21. The Labute approximate surface area is 507 Å². The number of rotatable bonds is 61. The van der Waals surface area contributed by atoms with Crippen LogP contribution < -0.4 is 10.2 Å². The third-order valence-electron chi connectivity index (χ3n) is 14.7. The lowest BCUT2D eigenvalue weighted by molar-refractivity contribution is -0.870. The Morgan fingerprint density at radius 1 is 0.439 bits per heavy atom. The normalized spacial score (nSPS) is 14.5. The molecule has 0 aliphatic rings. The van der Waals surface area contributed by atoms with E-state index in [0.29, 0.717) is 17.4 Å². The van der Waals surface area contributed by atoms with Crippen molar-refractivity contribution in [3.63, 3.8) is 0 Å². The minimum atomic E-state index is -4.62. The van der Waals surface area contributed by atoms with Gasteiger partial charge < -0.3 is 28.8 Å². The number of phosphoric ester groups is 1. The smallest absolute Gasteiger partial charge is 0.268 e. The third-order valence-corrected chi connectivity index (χ3v) is 15.6. The van der Waals surface area contributed by atoms with Crippen LogP contribution in [0.3, 0.4) is 0 Å². The molecule has 0 aromatic heterocycles.